The molecule has 0 N–H and O–H groups in total. The van der Waals surface area contributed by atoms with Gasteiger partial charge in [-0.05, 0) is 106 Å². The Hall–Kier alpha value is -2.55. The van der Waals surface area contributed by atoms with E-state index < -0.39 is 0 Å². The van der Waals surface area contributed by atoms with E-state index in [2.05, 4.69) is 39.8 Å². The molecule has 3 heteroatoms. The molecule has 1 heterocycles. The van der Waals surface area contributed by atoms with Crippen LogP contribution in [0.25, 0.3) is 11.0 Å². The second-order valence-electron chi connectivity index (χ2n) is 8.15. The monoisotopic (exact) mass is 376 g/mol. The topological polar surface area (TPSA) is 39.4 Å². The Morgan fingerprint density at radius 1 is 0.893 bits per heavy atom. The zero-order valence-corrected chi connectivity index (χ0v) is 17.5. The first-order valence-electron chi connectivity index (χ1n) is 10.2. The van der Waals surface area contributed by atoms with Crippen molar-refractivity contribution in [1.82, 2.24) is 0 Å². The van der Waals surface area contributed by atoms with Gasteiger partial charge in [-0.15, -0.1) is 0 Å². The van der Waals surface area contributed by atoms with Crippen molar-refractivity contribution in [3.8, 4) is 5.75 Å². The number of fused-ring (bicyclic) bond motifs is 3. The molecule has 1 aliphatic carbocycles. The van der Waals surface area contributed by atoms with Crippen LogP contribution in [0.4, 0.5) is 0 Å². The lowest BCUT2D eigenvalue weighted by Gasteiger charge is -2.19. The van der Waals surface area contributed by atoms with E-state index in [4.69, 9.17) is 9.15 Å². The summed E-state index contributed by atoms with van der Waals surface area (Å²) in [4.78, 5) is 12.5. The van der Waals surface area contributed by atoms with Gasteiger partial charge < -0.3 is 9.15 Å². The lowest BCUT2D eigenvalue weighted by molar-refractivity contribution is 0.302. The molecule has 0 saturated carbocycles. The van der Waals surface area contributed by atoms with E-state index in [0.717, 1.165) is 47.9 Å². The lowest BCUT2D eigenvalue weighted by Crippen LogP contribution is -2.16. The second-order valence-corrected chi connectivity index (χ2v) is 8.15. The molecule has 3 nitrogen and oxygen atoms in total. The fourth-order valence-corrected chi connectivity index (χ4v) is 4.45. The van der Waals surface area contributed by atoms with Gasteiger partial charge in [0.1, 0.15) is 17.9 Å². The summed E-state index contributed by atoms with van der Waals surface area (Å²) < 4.78 is 12.0. The van der Waals surface area contributed by atoms with Crippen LogP contribution in [-0.4, -0.2) is 0 Å². The van der Waals surface area contributed by atoms with Crippen LogP contribution in [0.5, 0.6) is 5.75 Å². The van der Waals surface area contributed by atoms with E-state index in [0.29, 0.717) is 12.2 Å². The van der Waals surface area contributed by atoms with Crippen LogP contribution in [0.1, 0.15) is 57.3 Å². The molecule has 1 aromatic heterocycles. The number of benzene rings is 2. The van der Waals surface area contributed by atoms with Crippen molar-refractivity contribution < 1.29 is 9.15 Å². The molecule has 0 unspecified atom stereocenters. The van der Waals surface area contributed by atoms with Crippen molar-refractivity contribution in [2.45, 2.75) is 66.9 Å². The predicted molar refractivity (Wildman–Crippen MR) is 114 cm³/mol. The first-order valence-corrected chi connectivity index (χ1v) is 10.2. The van der Waals surface area contributed by atoms with Crippen molar-refractivity contribution in [1.29, 1.82) is 0 Å². The summed E-state index contributed by atoms with van der Waals surface area (Å²) in [6.07, 6.45) is 3.99. The van der Waals surface area contributed by atoms with Crippen LogP contribution < -0.4 is 10.4 Å². The maximum absolute atomic E-state index is 12.5. The minimum absolute atomic E-state index is 0.177. The van der Waals surface area contributed by atoms with Crippen molar-refractivity contribution in [3.63, 3.8) is 0 Å². The Morgan fingerprint density at radius 3 is 2.21 bits per heavy atom. The maximum Gasteiger partial charge on any atom is 0.339 e. The van der Waals surface area contributed by atoms with Crippen molar-refractivity contribution >= 4 is 11.0 Å². The van der Waals surface area contributed by atoms with Gasteiger partial charge in [-0.2, -0.15) is 0 Å². The molecule has 28 heavy (non-hydrogen) atoms. The Bertz CT molecular complexity index is 1110. The van der Waals surface area contributed by atoms with Crippen LogP contribution in [0, 0.1) is 34.6 Å². The average Bonchev–Trinajstić information content (AvgIpc) is 2.69. The highest BCUT2D eigenvalue weighted by Crippen LogP contribution is 2.33. The van der Waals surface area contributed by atoms with Crippen molar-refractivity contribution in [2.75, 3.05) is 0 Å². The molecule has 0 aliphatic heterocycles. The number of hydrogen-bond acceptors (Lipinski definition) is 3. The fourth-order valence-electron chi connectivity index (χ4n) is 4.45. The Kier molecular flexibility index (Phi) is 4.78. The van der Waals surface area contributed by atoms with Gasteiger partial charge in [0.15, 0.2) is 0 Å². The van der Waals surface area contributed by atoms with Crippen LogP contribution in [0.15, 0.2) is 27.4 Å². The summed E-state index contributed by atoms with van der Waals surface area (Å²) in [6.45, 7) is 11.1. The van der Waals surface area contributed by atoms with E-state index in [-0.39, 0.29) is 5.63 Å². The Morgan fingerprint density at radius 2 is 1.54 bits per heavy atom. The maximum atomic E-state index is 12.5. The van der Waals surface area contributed by atoms with Crippen molar-refractivity contribution in [2.24, 2.45) is 0 Å². The minimum atomic E-state index is -0.177. The highest BCUT2D eigenvalue weighted by atomic mass is 16.5. The first-order chi connectivity index (χ1) is 13.4. The van der Waals surface area contributed by atoms with Gasteiger partial charge in [0.2, 0.25) is 0 Å². The van der Waals surface area contributed by atoms with Crippen LogP contribution >= 0.6 is 0 Å². The molecular formula is C25H28O3. The van der Waals surface area contributed by atoms with Crippen LogP contribution in [0.2, 0.25) is 0 Å². The van der Waals surface area contributed by atoms with Gasteiger partial charge in [-0.3, -0.25) is 0 Å². The molecule has 2 aromatic carbocycles. The second kappa shape index (κ2) is 7.12. The SMILES string of the molecule is Cc1cc(C)c(C)c(COc2ccc3c4c(c(=O)oc3c2C)CCCC4)c1C. The summed E-state index contributed by atoms with van der Waals surface area (Å²) in [7, 11) is 0. The summed E-state index contributed by atoms with van der Waals surface area (Å²) in [5.41, 5.74) is 9.82. The molecule has 0 spiro atoms. The van der Waals surface area contributed by atoms with Crippen molar-refractivity contribution in [3.05, 3.63) is 73.1 Å². The molecular weight excluding hydrogens is 348 g/mol. The molecule has 0 radical (unpaired) electrons. The van der Waals surface area contributed by atoms with E-state index in [9.17, 15) is 4.79 Å². The molecule has 0 bridgehead atoms. The number of hydrogen-bond donors (Lipinski definition) is 0. The normalized spacial score (nSPS) is 13.6. The smallest absolute Gasteiger partial charge is 0.339 e. The minimum Gasteiger partial charge on any atom is -0.488 e. The predicted octanol–water partition coefficient (Wildman–Crippen LogP) is 5.79. The third-order valence-corrected chi connectivity index (χ3v) is 6.48. The number of rotatable bonds is 3. The van der Waals surface area contributed by atoms with Gasteiger partial charge in [0.25, 0.3) is 0 Å². The molecule has 4 rings (SSSR count). The molecule has 0 amide bonds. The third kappa shape index (κ3) is 3.03. The zero-order chi connectivity index (χ0) is 20.0. The van der Waals surface area contributed by atoms with E-state index >= 15 is 0 Å². The zero-order valence-electron chi connectivity index (χ0n) is 17.5. The summed E-state index contributed by atoms with van der Waals surface area (Å²) in [5, 5.41) is 1.07. The van der Waals surface area contributed by atoms with Gasteiger partial charge in [-0.25, -0.2) is 4.79 Å². The molecule has 3 aromatic rings. The Balaban J connectivity index is 1.74. The molecule has 0 atom stereocenters. The third-order valence-electron chi connectivity index (χ3n) is 6.48. The fraction of sp³-hybridized carbons (Fsp3) is 0.400. The number of ether oxygens (including phenoxy) is 1. The van der Waals surface area contributed by atoms with Crippen LogP contribution in [0.3, 0.4) is 0 Å². The summed E-state index contributed by atoms with van der Waals surface area (Å²) in [6, 6.07) is 6.32. The van der Waals surface area contributed by atoms with Crippen LogP contribution in [-0.2, 0) is 19.4 Å². The summed E-state index contributed by atoms with van der Waals surface area (Å²) in [5.74, 6) is 0.782. The van der Waals surface area contributed by atoms with Gasteiger partial charge >= 0.3 is 5.63 Å². The molecule has 0 fully saturated rings. The molecule has 146 valence electrons. The lowest BCUT2D eigenvalue weighted by atomic mass is 9.90. The number of aryl methyl sites for hydroxylation is 4. The van der Waals surface area contributed by atoms with Gasteiger partial charge in [0.05, 0.1) is 0 Å². The first kappa shape index (κ1) is 18.8. The van der Waals surface area contributed by atoms with Gasteiger partial charge in [0, 0.05) is 16.5 Å². The molecule has 0 saturated heterocycles. The van der Waals surface area contributed by atoms with E-state index in [1.54, 1.807) is 0 Å². The Labute approximate surface area is 166 Å². The largest absolute Gasteiger partial charge is 0.488 e. The van der Waals surface area contributed by atoms with E-state index in [1.807, 2.05) is 13.0 Å². The highest BCUT2D eigenvalue weighted by molar-refractivity contribution is 5.86. The average molecular weight is 376 g/mol. The summed E-state index contributed by atoms with van der Waals surface area (Å²) >= 11 is 0. The quantitative estimate of drug-likeness (QED) is 0.543. The molecule has 1 aliphatic rings. The highest BCUT2D eigenvalue weighted by Gasteiger charge is 2.20. The van der Waals surface area contributed by atoms with Gasteiger partial charge in [-0.1, -0.05) is 6.07 Å². The van der Waals surface area contributed by atoms with E-state index in [1.165, 1.54) is 33.4 Å². The standard InChI is InChI=1S/C25H28O3/c1-14-12-15(2)17(4)22(16(14)3)13-27-23-11-10-20-19-8-6-7-9-21(19)25(26)28-24(20)18(23)5/h10-12H,6-9,13H2,1-5H3.